The van der Waals surface area contributed by atoms with E-state index >= 15 is 0 Å². The summed E-state index contributed by atoms with van der Waals surface area (Å²) in [6.07, 6.45) is 0. The molecule has 0 saturated heterocycles. The Morgan fingerprint density at radius 2 is 1.25 bits per heavy atom. The first-order chi connectivity index (χ1) is 7.58. The van der Waals surface area contributed by atoms with Gasteiger partial charge in [-0.05, 0) is 0 Å². The van der Waals surface area contributed by atoms with Crippen LogP contribution in [0.25, 0.3) is 22.3 Å². The van der Waals surface area contributed by atoms with Gasteiger partial charge in [0.15, 0.2) is 11.3 Å². The third kappa shape index (κ3) is 0.860. The maximum atomic E-state index is 9.35. The van der Waals surface area contributed by atoms with Gasteiger partial charge in [-0.25, -0.2) is 4.98 Å². The summed E-state index contributed by atoms with van der Waals surface area (Å²) in [4.78, 5) is 10.9. The zero-order valence-corrected chi connectivity index (χ0v) is 7.60. The predicted octanol–water partition coefficient (Wildman–Crippen LogP) is -0.333. The van der Waals surface area contributed by atoms with E-state index in [0.717, 1.165) is 0 Å². The average Bonchev–Trinajstić information content (AvgIpc) is 2.66. The standard InChI is InChI=1S/C7H5N5O4/c13-6-9-4-2(11(6)15)1-3-5(8-4)10-7(14)12(3)16/h1,15-16H,(H2,8,9,10,13,14). The van der Waals surface area contributed by atoms with Gasteiger partial charge < -0.3 is 20.6 Å². The van der Waals surface area contributed by atoms with E-state index in [4.69, 9.17) is 10.2 Å². The summed E-state index contributed by atoms with van der Waals surface area (Å²) in [7, 11) is 0. The van der Waals surface area contributed by atoms with Crippen molar-refractivity contribution in [1.82, 2.24) is 24.4 Å². The molecule has 9 heteroatoms. The Balaban J connectivity index is 2.53. The Bertz CT molecular complexity index is 657. The highest BCUT2D eigenvalue weighted by atomic mass is 16.5. The van der Waals surface area contributed by atoms with E-state index in [1.165, 1.54) is 6.07 Å². The SMILES string of the molecule is Oc1nc2nc3nc(O)n(O)c3cc2n1O. The molecule has 0 saturated carbocycles. The number of aromatic nitrogens is 5. The maximum absolute atomic E-state index is 9.35. The molecule has 0 unspecified atom stereocenters. The molecular weight excluding hydrogens is 218 g/mol. The fourth-order valence-corrected chi connectivity index (χ4v) is 1.45. The van der Waals surface area contributed by atoms with E-state index < -0.39 is 12.0 Å². The molecule has 4 N–H and O–H groups in total. The number of hydrogen-bond donors (Lipinski definition) is 4. The Morgan fingerprint density at radius 1 is 0.812 bits per heavy atom. The fourth-order valence-electron chi connectivity index (χ4n) is 1.45. The Kier molecular flexibility index (Phi) is 1.31. The van der Waals surface area contributed by atoms with Crippen molar-refractivity contribution in [2.45, 2.75) is 0 Å². The van der Waals surface area contributed by atoms with Gasteiger partial charge in [0.1, 0.15) is 11.0 Å². The summed E-state index contributed by atoms with van der Waals surface area (Å²) >= 11 is 0. The number of hydrogen-bond acceptors (Lipinski definition) is 7. The highest BCUT2D eigenvalue weighted by Crippen LogP contribution is 2.23. The lowest BCUT2D eigenvalue weighted by molar-refractivity contribution is 0.160. The van der Waals surface area contributed by atoms with Crippen molar-refractivity contribution < 1.29 is 20.6 Å². The van der Waals surface area contributed by atoms with Gasteiger partial charge in [0, 0.05) is 6.07 Å². The van der Waals surface area contributed by atoms with Gasteiger partial charge in [0.25, 0.3) is 0 Å². The number of fused-ring (bicyclic) bond motifs is 2. The van der Waals surface area contributed by atoms with Crippen molar-refractivity contribution in [2.24, 2.45) is 0 Å². The van der Waals surface area contributed by atoms with E-state index in [-0.39, 0.29) is 22.3 Å². The van der Waals surface area contributed by atoms with Crippen LogP contribution in [0.4, 0.5) is 0 Å². The van der Waals surface area contributed by atoms with Crippen molar-refractivity contribution >= 4 is 22.3 Å². The molecule has 0 fully saturated rings. The van der Waals surface area contributed by atoms with Crippen LogP contribution >= 0.6 is 0 Å². The highest BCUT2D eigenvalue weighted by Gasteiger charge is 2.16. The molecule has 0 bridgehead atoms. The van der Waals surface area contributed by atoms with E-state index in [1.54, 1.807) is 0 Å². The molecule has 0 aliphatic carbocycles. The number of pyridine rings is 1. The number of imidazole rings is 2. The van der Waals surface area contributed by atoms with Gasteiger partial charge in [-0.3, -0.25) is 0 Å². The smallest absolute Gasteiger partial charge is 0.330 e. The molecule has 0 atom stereocenters. The van der Waals surface area contributed by atoms with E-state index in [0.29, 0.717) is 9.46 Å². The summed E-state index contributed by atoms with van der Waals surface area (Å²) in [5.74, 6) is 0. The van der Waals surface area contributed by atoms with Crippen LogP contribution in [-0.4, -0.2) is 45.0 Å². The Morgan fingerprint density at radius 3 is 1.69 bits per heavy atom. The first-order valence-electron chi connectivity index (χ1n) is 4.16. The lowest BCUT2D eigenvalue weighted by Gasteiger charge is -1.94. The second-order valence-corrected chi connectivity index (χ2v) is 3.12. The summed E-state index contributed by atoms with van der Waals surface area (Å²) in [6, 6.07) is 0.0321. The Hall–Kier alpha value is -2.71. The van der Waals surface area contributed by atoms with E-state index in [1.807, 2.05) is 0 Å². The quantitative estimate of drug-likeness (QED) is 0.384. The summed E-state index contributed by atoms with van der Waals surface area (Å²) < 4.78 is 0.817. The third-order valence-electron chi connectivity index (χ3n) is 2.19. The normalized spacial score (nSPS) is 11.5. The molecule has 3 heterocycles. The highest BCUT2D eigenvalue weighted by molar-refractivity contribution is 5.86. The van der Waals surface area contributed by atoms with Gasteiger partial charge in [-0.15, -0.1) is 9.46 Å². The van der Waals surface area contributed by atoms with Crippen molar-refractivity contribution in [3.05, 3.63) is 6.07 Å². The summed E-state index contributed by atoms with van der Waals surface area (Å²) in [6.45, 7) is 0. The van der Waals surface area contributed by atoms with Gasteiger partial charge in [-0.2, -0.15) is 9.97 Å². The molecular formula is C7H5N5O4. The second-order valence-electron chi connectivity index (χ2n) is 3.12. The number of rotatable bonds is 0. The molecule has 0 aliphatic heterocycles. The minimum absolute atomic E-state index is 0.0469. The van der Waals surface area contributed by atoms with Crippen LogP contribution < -0.4 is 0 Å². The van der Waals surface area contributed by atoms with Gasteiger partial charge >= 0.3 is 12.0 Å². The van der Waals surface area contributed by atoms with Crippen LogP contribution in [0.3, 0.4) is 0 Å². The zero-order chi connectivity index (χ0) is 11.4. The van der Waals surface area contributed by atoms with Crippen LogP contribution in [0, 0.1) is 0 Å². The largest absolute Gasteiger partial charge is 0.478 e. The molecule has 0 aliphatic rings. The lowest BCUT2D eigenvalue weighted by Crippen LogP contribution is -1.91. The molecule has 0 spiro atoms. The second kappa shape index (κ2) is 2.45. The van der Waals surface area contributed by atoms with Crippen molar-refractivity contribution in [3.8, 4) is 12.0 Å². The van der Waals surface area contributed by atoms with Crippen LogP contribution in [0.2, 0.25) is 0 Å². The number of aromatic hydroxyl groups is 2. The lowest BCUT2D eigenvalue weighted by atomic mass is 10.4. The number of nitrogens with zero attached hydrogens (tertiary/aromatic N) is 5. The van der Waals surface area contributed by atoms with Gasteiger partial charge in [-0.1, -0.05) is 0 Å². The van der Waals surface area contributed by atoms with Crippen molar-refractivity contribution in [3.63, 3.8) is 0 Å². The topological polar surface area (TPSA) is 129 Å². The maximum Gasteiger partial charge on any atom is 0.330 e. The van der Waals surface area contributed by atoms with Crippen LogP contribution in [0.15, 0.2) is 6.07 Å². The van der Waals surface area contributed by atoms with Crippen LogP contribution in [-0.2, 0) is 0 Å². The molecule has 3 aromatic rings. The first-order valence-corrected chi connectivity index (χ1v) is 4.16. The average molecular weight is 223 g/mol. The molecule has 0 amide bonds. The van der Waals surface area contributed by atoms with Gasteiger partial charge in [0.2, 0.25) is 0 Å². The molecule has 3 rings (SSSR count). The fraction of sp³-hybridized carbons (Fsp3) is 0. The molecule has 9 nitrogen and oxygen atoms in total. The Labute approximate surface area is 86.4 Å². The van der Waals surface area contributed by atoms with Gasteiger partial charge in [0.05, 0.1) is 0 Å². The minimum Gasteiger partial charge on any atom is -0.478 e. The predicted molar refractivity (Wildman–Crippen MR) is 48.5 cm³/mol. The molecule has 3 aromatic heterocycles. The summed E-state index contributed by atoms with van der Waals surface area (Å²) in [5, 5.41) is 37.0. The molecule has 16 heavy (non-hydrogen) atoms. The van der Waals surface area contributed by atoms with Crippen molar-refractivity contribution in [1.29, 1.82) is 0 Å². The molecule has 82 valence electrons. The van der Waals surface area contributed by atoms with E-state index in [2.05, 4.69) is 15.0 Å². The van der Waals surface area contributed by atoms with Crippen molar-refractivity contribution in [2.75, 3.05) is 0 Å². The third-order valence-corrected chi connectivity index (χ3v) is 2.19. The van der Waals surface area contributed by atoms with E-state index in [9.17, 15) is 10.4 Å². The first kappa shape index (κ1) is 8.59. The molecule has 0 aromatic carbocycles. The summed E-state index contributed by atoms with van der Waals surface area (Å²) in [5.41, 5.74) is 0.261. The monoisotopic (exact) mass is 223 g/mol. The van der Waals surface area contributed by atoms with Crippen LogP contribution in [0.1, 0.15) is 0 Å². The minimum atomic E-state index is -0.621. The molecule has 0 radical (unpaired) electrons. The van der Waals surface area contributed by atoms with Crippen LogP contribution in [0.5, 0.6) is 12.0 Å². The zero-order valence-electron chi connectivity index (χ0n) is 7.60.